The predicted molar refractivity (Wildman–Crippen MR) is 74.5 cm³/mol. The molecule has 0 amide bonds. The molecule has 0 aliphatic rings. The van der Waals surface area contributed by atoms with Gasteiger partial charge < -0.3 is 10.0 Å². The van der Waals surface area contributed by atoms with Crippen molar-refractivity contribution in [3.8, 4) is 6.07 Å². The average Bonchev–Trinajstić information content (AvgIpc) is 2.47. The van der Waals surface area contributed by atoms with Crippen LogP contribution in [0.2, 0.25) is 0 Å². The van der Waals surface area contributed by atoms with E-state index in [2.05, 4.69) is 11.1 Å². The number of carbonyl (C=O) groups is 1. The Kier molecular flexibility index (Phi) is 3.96. The van der Waals surface area contributed by atoms with Crippen molar-refractivity contribution >= 4 is 11.7 Å². The van der Waals surface area contributed by atoms with Crippen LogP contribution >= 0.6 is 0 Å². The van der Waals surface area contributed by atoms with Crippen molar-refractivity contribution in [2.24, 2.45) is 0 Å². The van der Waals surface area contributed by atoms with Gasteiger partial charge in [-0.25, -0.2) is 9.78 Å². The number of carboxylic acid groups (broad SMARTS) is 1. The van der Waals surface area contributed by atoms with Gasteiger partial charge >= 0.3 is 5.97 Å². The van der Waals surface area contributed by atoms with Gasteiger partial charge in [-0.05, 0) is 29.8 Å². The summed E-state index contributed by atoms with van der Waals surface area (Å²) in [7, 11) is 1.86. The number of hydrogen-bond acceptors (Lipinski definition) is 4. The number of nitrogens with zero attached hydrogens (tertiary/aromatic N) is 3. The Bertz CT molecular complexity index is 660. The minimum atomic E-state index is -0.941. The van der Waals surface area contributed by atoms with Gasteiger partial charge in [-0.3, -0.25) is 0 Å². The number of nitriles is 1. The second-order valence-corrected chi connectivity index (χ2v) is 4.34. The molecule has 0 fully saturated rings. The zero-order valence-electron chi connectivity index (χ0n) is 10.9. The molecule has 20 heavy (non-hydrogen) atoms. The van der Waals surface area contributed by atoms with E-state index in [1.54, 1.807) is 36.5 Å². The van der Waals surface area contributed by atoms with Gasteiger partial charge in [0.05, 0.1) is 11.3 Å². The summed E-state index contributed by atoms with van der Waals surface area (Å²) in [6, 6.07) is 12.3. The lowest BCUT2D eigenvalue weighted by atomic mass is 10.1. The highest BCUT2D eigenvalue weighted by molar-refractivity contribution is 5.87. The van der Waals surface area contributed by atoms with Crippen LogP contribution in [0.5, 0.6) is 0 Å². The van der Waals surface area contributed by atoms with Gasteiger partial charge in [-0.2, -0.15) is 5.26 Å². The van der Waals surface area contributed by atoms with Gasteiger partial charge in [0.25, 0.3) is 0 Å². The van der Waals surface area contributed by atoms with E-state index >= 15 is 0 Å². The van der Waals surface area contributed by atoms with Crippen molar-refractivity contribution in [1.29, 1.82) is 5.26 Å². The Morgan fingerprint density at radius 3 is 2.65 bits per heavy atom. The number of carboxylic acids is 1. The molecule has 2 rings (SSSR count). The molecule has 0 bridgehead atoms. The van der Waals surface area contributed by atoms with Gasteiger partial charge in [-0.15, -0.1) is 0 Å². The van der Waals surface area contributed by atoms with Crippen LogP contribution < -0.4 is 4.90 Å². The summed E-state index contributed by atoms with van der Waals surface area (Å²) in [5.74, 6) is -0.941. The Morgan fingerprint density at radius 2 is 2.05 bits per heavy atom. The number of hydrogen-bond donors (Lipinski definition) is 1. The molecule has 5 nitrogen and oxygen atoms in total. The van der Waals surface area contributed by atoms with Crippen LogP contribution in [0.15, 0.2) is 42.6 Å². The molecule has 1 aromatic heterocycles. The molecule has 1 aromatic carbocycles. The average molecular weight is 267 g/mol. The van der Waals surface area contributed by atoms with Gasteiger partial charge in [-0.1, -0.05) is 12.1 Å². The third-order valence-electron chi connectivity index (χ3n) is 2.92. The fourth-order valence-corrected chi connectivity index (χ4v) is 1.90. The quantitative estimate of drug-likeness (QED) is 0.919. The summed E-state index contributed by atoms with van der Waals surface area (Å²) < 4.78 is 0. The van der Waals surface area contributed by atoms with Crippen molar-refractivity contribution in [2.75, 3.05) is 11.9 Å². The van der Waals surface area contributed by atoms with Crippen LogP contribution in [-0.4, -0.2) is 23.1 Å². The molecule has 100 valence electrons. The van der Waals surface area contributed by atoms with E-state index in [9.17, 15) is 4.79 Å². The van der Waals surface area contributed by atoms with Crippen LogP contribution in [0, 0.1) is 11.3 Å². The normalized spacial score (nSPS) is 9.80. The number of aromatic carboxylic acids is 1. The third-order valence-corrected chi connectivity index (χ3v) is 2.92. The first kappa shape index (κ1) is 13.6. The summed E-state index contributed by atoms with van der Waals surface area (Å²) in [5, 5.41) is 17.9. The van der Waals surface area contributed by atoms with Crippen molar-refractivity contribution < 1.29 is 9.90 Å². The topological polar surface area (TPSA) is 77.2 Å². The molecule has 0 radical (unpaired) electrons. The number of rotatable bonds is 4. The molecule has 1 heterocycles. The van der Waals surface area contributed by atoms with E-state index in [1.807, 2.05) is 18.0 Å². The number of anilines is 1. The molecular weight excluding hydrogens is 254 g/mol. The zero-order valence-corrected chi connectivity index (χ0v) is 10.9. The van der Waals surface area contributed by atoms with Gasteiger partial charge in [0.15, 0.2) is 5.69 Å². The summed E-state index contributed by atoms with van der Waals surface area (Å²) >= 11 is 0. The van der Waals surface area contributed by atoms with Crippen LogP contribution in [0.3, 0.4) is 0 Å². The minimum Gasteiger partial charge on any atom is -0.478 e. The highest BCUT2D eigenvalue weighted by Gasteiger charge is 2.09. The molecule has 0 saturated heterocycles. The van der Waals surface area contributed by atoms with E-state index in [0.717, 1.165) is 11.3 Å². The van der Waals surface area contributed by atoms with Gasteiger partial charge in [0, 0.05) is 19.8 Å². The fraction of sp³-hybridized carbons (Fsp3) is 0.133. The highest BCUT2D eigenvalue weighted by Crippen LogP contribution is 2.18. The van der Waals surface area contributed by atoms with Crippen LogP contribution in [-0.2, 0) is 6.54 Å². The molecule has 0 saturated carbocycles. The molecule has 0 aliphatic heterocycles. The van der Waals surface area contributed by atoms with Crippen LogP contribution in [0.1, 0.15) is 21.6 Å². The first-order chi connectivity index (χ1) is 9.61. The third kappa shape index (κ3) is 2.93. The molecule has 2 aromatic rings. The minimum absolute atomic E-state index is 0.260. The molecule has 0 aliphatic carbocycles. The lowest BCUT2D eigenvalue weighted by Crippen LogP contribution is -2.18. The zero-order chi connectivity index (χ0) is 14.5. The Balaban J connectivity index is 2.17. The van der Waals surface area contributed by atoms with Crippen molar-refractivity contribution in [2.45, 2.75) is 6.54 Å². The molecule has 0 unspecified atom stereocenters. The van der Waals surface area contributed by atoms with Crippen molar-refractivity contribution in [3.63, 3.8) is 0 Å². The number of pyridine rings is 1. The molecule has 1 N–H and O–H groups in total. The lowest BCUT2D eigenvalue weighted by Gasteiger charge is -2.19. The molecule has 5 heteroatoms. The SMILES string of the molecule is CN(Cc1ccc(C(=O)O)cc1)c1cccnc1C#N. The Labute approximate surface area is 116 Å². The first-order valence-electron chi connectivity index (χ1n) is 6.00. The molecule has 0 spiro atoms. The van der Waals surface area contributed by atoms with Gasteiger partial charge in [0.1, 0.15) is 6.07 Å². The van der Waals surface area contributed by atoms with Crippen LogP contribution in [0.25, 0.3) is 0 Å². The van der Waals surface area contributed by atoms with E-state index in [4.69, 9.17) is 10.4 Å². The van der Waals surface area contributed by atoms with Gasteiger partial charge in [0.2, 0.25) is 0 Å². The highest BCUT2D eigenvalue weighted by atomic mass is 16.4. The largest absolute Gasteiger partial charge is 0.478 e. The summed E-state index contributed by atoms with van der Waals surface area (Å²) in [6.07, 6.45) is 1.58. The van der Waals surface area contributed by atoms with E-state index in [0.29, 0.717) is 12.2 Å². The smallest absolute Gasteiger partial charge is 0.335 e. The predicted octanol–water partition coefficient (Wildman–Crippen LogP) is 2.29. The first-order valence-corrected chi connectivity index (χ1v) is 6.00. The van der Waals surface area contributed by atoms with E-state index in [1.165, 1.54) is 0 Å². The van der Waals surface area contributed by atoms with Crippen molar-refractivity contribution in [3.05, 3.63) is 59.4 Å². The summed E-state index contributed by atoms with van der Waals surface area (Å²) in [6.45, 7) is 0.570. The maximum absolute atomic E-state index is 10.8. The fourth-order valence-electron chi connectivity index (χ4n) is 1.90. The second kappa shape index (κ2) is 5.85. The maximum atomic E-state index is 10.8. The molecule has 0 atom stereocenters. The number of aromatic nitrogens is 1. The van der Waals surface area contributed by atoms with Crippen molar-refractivity contribution in [1.82, 2.24) is 4.98 Å². The monoisotopic (exact) mass is 267 g/mol. The number of benzene rings is 1. The lowest BCUT2D eigenvalue weighted by molar-refractivity contribution is 0.0697. The Morgan fingerprint density at radius 1 is 1.35 bits per heavy atom. The maximum Gasteiger partial charge on any atom is 0.335 e. The summed E-state index contributed by atoms with van der Waals surface area (Å²) in [5.41, 5.74) is 2.34. The summed E-state index contributed by atoms with van der Waals surface area (Å²) in [4.78, 5) is 16.7. The molecular formula is C15H13N3O2. The van der Waals surface area contributed by atoms with E-state index in [-0.39, 0.29) is 5.56 Å². The van der Waals surface area contributed by atoms with E-state index < -0.39 is 5.97 Å². The second-order valence-electron chi connectivity index (χ2n) is 4.34. The standard InChI is InChI=1S/C15H13N3O2/c1-18(14-3-2-8-17-13(14)9-16)10-11-4-6-12(7-5-11)15(19)20/h2-8H,10H2,1H3,(H,19,20). The van der Waals surface area contributed by atoms with Crippen LogP contribution in [0.4, 0.5) is 5.69 Å². The Hall–Kier alpha value is -2.87.